The maximum Gasteiger partial charge on any atom is 0.250 e. The molecule has 0 saturated carbocycles. The molecule has 176 valence electrons. The molecule has 2 aromatic carbocycles. The molecular weight excluding hydrogens is 450 g/mol. The molecule has 0 radical (unpaired) electrons. The summed E-state index contributed by atoms with van der Waals surface area (Å²) in [5, 5.41) is 5.42. The van der Waals surface area contributed by atoms with Crippen molar-refractivity contribution in [2.75, 3.05) is 5.32 Å². The van der Waals surface area contributed by atoms with Crippen LogP contribution in [0.25, 0.3) is 38.8 Å². The number of aromatic nitrogens is 3. The van der Waals surface area contributed by atoms with Gasteiger partial charge in [0.05, 0.1) is 23.9 Å². The number of carbonyl (C=O) groups is 1. The number of hydrogen-bond donors (Lipinski definition) is 2. The fourth-order valence-corrected chi connectivity index (χ4v) is 4.64. The Balaban J connectivity index is 1.45. The molecule has 6 rings (SSSR count). The smallest absolute Gasteiger partial charge is 0.250 e. The van der Waals surface area contributed by atoms with Gasteiger partial charge in [0, 0.05) is 46.3 Å². The average Bonchev–Trinajstić information content (AvgIpc) is 3.55. The summed E-state index contributed by atoms with van der Waals surface area (Å²) in [7, 11) is 0. The van der Waals surface area contributed by atoms with E-state index in [1.807, 2.05) is 65.5 Å². The Kier molecular flexibility index (Phi) is 5.22. The number of amides is 1. The Hall–Kier alpha value is -4.91. The van der Waals surface area contributed by atoms with E-state index in [0.29, 0.717) is 17.8 Å². The number of aryl methyl sites for hydroxylation is 1. The number of nitrogens with two attached hydrogens (primary N) is 1. The number of hydrogen-bond acceptors (Lipinski definition) is 5. The number of primary amides is 1. The predicted molar refractivity (Wildman–Crippen MR) is 141 cm³/mol. The van der Waals surface area contributed by atoms with Crippen LogP contribution in [0.15, 0.2) is 96.0 Å². The maximum atomic E-state index is 12.1. The molecule has 7 heteroatoms. The van der Waals surface area contributed by atoms with Crippen LogP contribution in [0.2, 0.25) is 0 Å². The molecule has 0 atom stereocenters. The van der Waals surface area contributed by atoms with Crippen LogP contribution in [0, 0.1) is 6.92 Å². The highest BCUT2D eigenvalue weighted by molar-refractivity contribution is 6.00. The second-order valence-electron chi connectivity index (χ2n) is 8.68. The molecule has 4 aromatic heterocycles. The van der Waals surface area contributed by atoms with E-state index in [4.69, 9.17) is 15.1 Å². The van der Waals surface area contributed by atoms with E-state index >= 15 is 0 Å². The standard InChI is InChI=1S/C29H23N5O2/c1-18-17-34(21-8-9-24(28(30)35)26(14-21)33-16-22-6-4-12-36-22)29-27(18)23(10-11-31-29)20-13-19-5-2-3-7-25(19)32-15-20/h2-15,17,33H,16H2,1H3,(H2,30,35). The van der Waals surface area contributed by atoms with Crippen LogP contribution in [0.5, 0.6) is 0 Å². The summed E-state index contributed by atoms with van der Waals surface area (Å²) in [6.45, 7) is 2.51. The van der Waals surface area contributed by atoms with Crippen molar-refractivity contribution in [3.63, 3.8) is 0 Å². The van der Waals surface area contributed by atoms with Crippen LogP contribution < -0.4 is 11.1 Å². The Bertz CT molecular complexity index is 1730. The van der Waals surface area contributed by atoms with Crippen LogP contribution in [0.3, 0.4) is 0 Å². The van der Waals surface area contributed by atoms with Gasteiger partial charge < -0.3 is 20.0 Å². The van der Waals surface area contributed by atoms with Crippen molar-refractivity contribution in [2.45, 2.75) is 13.5 Å². The lowest BCUT2D eigenvalue weighted by molar-refractivity contribution is 0.100. The summed E-state index contributed by atoms with van der Waals surface area (Å²) in [5.41, 5.74) is 12.5. The number of carbonyl (C=O) groups excluding carboxylic acids is 1. The van der Waals surface area contributed by atoms with Gasteiger partial charge in [-0.2, -0.15) is 0 Å². The fourth-order valence-electron chi connectivity index (χ4n) is 4.64. The van der Waals surface area contributed by atoms with Crippen molar-refractivity contribution in [2.24, 2.45) is 5.73 Å². The second-order valence-corrected chi connectivity index (χ2v) is 8.68. The number of furan rings is 1. The quantitative estimate of drug-likeness (QED) is 0.316. The summed E-state index contributed by atoms with van der Waals surface area (Å²) in [6, 6.07) is 21.5. The maximum absolute atomic E-state index is 12.1. The molecule has 0 aliphatic heterocycles. The minimum Gasteiger partial charge on any atom is -0.467 e. The molecule has 0 aliphatic rings. The van der Waals surface area contributed by atoms with Crippen molar-refractivity contribution >= 4 is 33.5 Å². The summed E-state index contributed by atoms with van der Waals surface area (Å²) in [5.74, 6) is 0.259. The monoisotopic (exact) mass is 473 g/mol. The molecule has 6 aromatic rings. The summed E-state index contributed by atoms with van der Waals surface area (Å²) in [4.78, 5) is 21.4. The summed E-state index contributed by atoms with van der Waals surface area (Å²) < 4.78 is 7.45. The average molecular weight is 474 g/mol. The Morgan fingerprint density at radius 1 is 1.06 bits per heavy atom. The van der Waals surface area contributed by atoms with E-state index in [-0.39, 0.29) is 0 Å². The molecular formula is C29H23N5O2. The lowest BCUT2D eigenvalue weighted by atomic mass is 10.0. The summed E-state index contributed by atoms with van der Waals surface area (Å²) >= 11 is 0. The van der Waals surface area contributed by atoms with Gasteiger partial charge in [0.1, 0.15) is 11.4 Å². The van der Waals surface area contributed by atoms with Gasteiger partial charge in [0.25, 0.3) is 5.91 Å². The van der Waals surface area contributed by atoms with E-state index in [9.17, 15) is 4.79 Å². The van der Waals surface area contributed by atoms with Crippen LogP contribution in [-0.4, -0.2) is 20.4 Å². The zero-order valence-electron chi connectivity index (χ0n) is 19.6. The molecule has 3 N–H and O–H groups in total. The number of pyridine rings is 2. The first kappa shape index (κ1) is 21.6. The number of rotatable bonds is 6. The van der Waals surface area contributed by atoms with E-state index in [0.717, 1.165) is 50.1 Å². The fraction of sp³-hybridized carbons (Fsp3) is 0.0690. The normalized spacial score (nSPS) is 11.2. The van der Waals surface area contributed by atoms with Gasteiger partial charge in [-0.25, -0.2) is 4.98 Å². The zero-order valence-corrected chi connectivity index (χ0v) is 19.6. The molecule has 0 unspecified atom stereocenters. The topological polar surface area (TPSA) is 99.0 Å². The molecule has 0 bridgehead atoms. The van der Waals surface area contributed by atoms with Crippen LogP contribution in [0.4, 0.5) is 5.69 Å². The number of fused-ring (bicyclic) bond motifs is 2. The van der Waals surface area contributed by atoms with Crippen molar-refractivity contribution < 1.29 is 9.21 Å². The van der Waals surface area contributed by atoms with E-state index in [2.05, 4.69) is 35.6 Å². The highest BCUT2D eigenvalue weighted by Gasteiger charge is 2.16. The van der Waals surface area contributed by atoms with E-state index < -0.39 is 5.91 Å². The van der Waals surface area contributed by atoms with Crippen LogP contribution in [0.1, 0.15) is 21.7 Å². The van der Waals surface area contributed by atoms with Gasteiger partial charge in [-0.05, 0) is 66.6 Å². The Labute approximate surface area is 207 Å². The van der Waals surface area contributed by atoms with Crippen molar-refractivity contribution in [3.8, 4) is 16.8 Å². The molecule has 0 spiro atoms. The third-order valence-electron chi connectivity index (χ3n) is 6.36. The first-order valence-electron chi connectivity index (χ1n) is 11.6. The van der Waals surface area contributed by atoms with Crippen LogP contribution >= 0.6 is 0 Å². The summed E-state index contributed by atoms with van der Waals surface area (Å²) in [6.07, 6.45) is 7.40. The minimum absolute atomic E-state index is 0.411. The molecule has 1 amide bonds. The molecule has 4 heterocycles. The predicted octanol–water partition coefficient (Wildman–Crippen LogP) is 5.85. The number of nitrogens with zero attached hydrogens (tertiary/aromatic N) is 3. The molecule has 36 heavy (non-hydrogen) atoms. The van der Waals surface area contributed by atoms with Crippen molar-refractivity contribution in [1.29, 1.82) is 0 Å². The van der Waals surface area contributed by atoms with Gasteiger partial charge in [0.2, 0.25) is 0 Å². The zero-order chi connectivity index (χ0) is 24.6. The number of nitrogens with one attached hydrogen (secondary N) is 1. The SMILES string of the molecule is Cc1cn(-c2ccc(C(N)=O)c(NCc3ccco3)c2)c2nccc(-c3cnc4ccccc4c3)c12. The third-order valence-corrected chi connectivity index (χ3v) is 6.36. The minimum atomic E-state index is -0.499. The molecule has 0 fully saturated rings. The highest BCUT2D eigenvalue weighted by atomic mass is 16.3. The van der Waals surface area contributed by atoms with Gasteiger partial charge in [-0.3, -0.25) is 9.78 Å². The largest absolute Gasteiger partial charge is 0.467 e. The van der Waals surface area contributed by atoms with Crippen LogP contribution in [-0.2, 0) is 6.54 Å². The van der Waals surface area contributed by atoms with Crippen molar-refractivity contribution in [1.82, 2.24) is 14.5 Å². The van der Waals surface area contributed by atoms with Crippen molar-refractivity contribution in [3.05, 3.63) is 108 Å². The Morgan fingerprint density at radius 3 is 2.78 bits per heavy atom. The van der Waals surface area contributed by atoms with E-state index in [1.165, 1.54) is 0 Å². The van der Waals surface area contributed by atoms with Gasteiger partial charge in [-0.15, -0.1) is 0 Å². The van der Waals surface area contributed by atoms with Gasteiger partial charge in [-0.1, -0.05) is 18.2 Å². The van der Waals surface area contributed by atoms with E-state index in [1.54, 1.807) is 12.3 Å². The Morgan fingerprint density at radius 2 is 1.94 bits per heavy atom. The molecule has 7 nitrogen and oxygen atoms in total. The molecule has 0 saturated heterocycles. The van der Waals surface area contributed by atoms with Gasteiger partial charge in [0.15, 0.2) is 0 Å². The second kappa shape index (κ2) is 8.70. The number of benzene rings is 2. The first-order valence-corrected chi connectivity index (χ1v) is 11.6. The lowest BCUT2D eigenvalue weighted by Gasteiger charge is -2.13. The first-order chi connectivity index (χ1) is 17.6. The highest BCUT2D eigenvalue weighted by Crippen LogP contribution is 2.34. The number of anilines is 1. The van der Waals surface area contributed by atoms with Gasteiger partial charge >= 0.3 is 0 Å². The lowest BCUT2D eigenvalue weighted by Crippen LogP contribution is -2.15. The third kappa shape index (κ3) is 3.76. The number of para-hydroxylation sites is 1. The molecule has 0 aliphatic carbocycles.